The molecule has 0 aromatic rings. The maximum atomic E-state index is 9.12. The van der Waals surface area contributed by atoms with Crippen molar-refractivity contribution in [3.05, 3.63) is 0 Å². The third kappa shape index (κ3) is 104. The highest BCUT2D eigenvalue weighted by Crippen LogP contribution is 1.48. The number of hydrogen-bond acceptors (Lipinski definition) is 5. The second-order valence-electron chi connectivity index (χ2n) is 0.898. The van der Waals surface area contributed by atoms with Crippen LogP contribution in [0.4, 0.5) is 0 Å². The van der Waals surface area contributed by atoms with Gasteiger partial charge < -0.3 is 25.3 Å². The molecule has 0 unspecified atom stereocenters. The fraction of sp³-hybridized carbons (Fsp3) is 0.500. The van der Waals surface area contributed by atoms with Crippen LogP contribution in [-0.2, 0) is 4.79 Å². The SMILES string of the molecule is O=C(O)CO.OB(O)O.[AlH3]. The maximum absolute atomic E-state index is 9.12. The molecule has 6 nitrogen and oxygen atoms in total. The molecule has 0 atom stereocenters. The van der Waals surface area contributed by atoms with Gasteiger partial charge in [0.15, 0.2) is 17.4 Å². The fourth-order valence-electron chi connectivity index (χ4n) is 0. The molecule has 0 heterocycles. The maximum Gasteiger partial charge on any atom is 0.631 e. The Morgan fingerprint density at radius 3 is 1.40 bits per heavy atom. The van der Waals surface area contributed by atoms with Crippen LogP contribution in [-0.4, -0.2) is 62.5 Å². The first-order chi connectivity index (χ1) is 4.00. The average molecular weight is 168 g/mol. The minimum atomic E-state index is -2.17. The largest absolute Gasteiger partial charge is 0.631 e. The minimum Gasteiger partial charge on any atom is -0.480 e. The molecule has 0 radical (unpaired) electrons. The summed E-state index contributed by atoms with van der Waals surface area (Å²) in [6, 6.07) is 0. The number of carboxylic acid groups (broad SMARTS) is 1. The predicted octanol–water partition coefficient (Wildman–Crippen LogP) is -4.17. The summed E-state index contributed by atoms with van der Waals surface area (Å²) in [4.78, 5) is 9.12. The normalized spacial score (nSPS) is 6.40. The van der Waals surface area contributed by atoms with E-state index in [1.807, 2.05) is 0 Å². The Kier molecular flexibility index (Phi) is 19.2. The Balaban J connectivity index is -0.0000000910. The lowest BCUT2D eigenvalue weighted by Gasteiger charge is -1.72. The lowest BCUT2D eigenvalue weighted by atomic mass is 10.3. The number of aliphatic hydroxyl groups excluding tert-OH is 1. The van der Waals surface area contributed by atoms with Gasteiger partial charge in [0.2, 0.25) is 0 Å². The van der Waals surface area contributed by atoms with Crippen molar-refractivity contribution in [1.29, 1.82) is 0 Å². The van der Waals surface area contributed by atoms with Crippen LogP contribution in [0.2, 0.25) is 0 Å². The Morgan fingerprint density at radius 2 is 1.40 bits per heavy atom. The van der Waals surface area contributed by atoms with E-state index < -0.39 is 19.9 Å². The van der Waals surface area contributed by atoms with E-state index in [2.05, 4.69) is 0 Å². The van der Waals surface area contributed by atoms with Gasteiger partial charge in [-0.05, 0) is 0 Å². The standard InChI is InChI=1S/C2H4O3.Al.BH3O3.3H/c3-1-2(4)5;;2-1(3)4;;;/h3H,1H2,(H,4,5);;2-4H;;;. The van der Waals surface area contributed by atoms with Gasteiger partial charge in [-0.25, -0.2) is 4.79 Å². The lowest BCUT2D eigenvalue weighted by Crippen LogP contribution is -2.07. The summed E-state index contributed by atoms with van der Waals surface area (Å²) < 4.78 is 0. The van der Waals surface area contributed by atoms with Crippen LogP contribution in [0.3, 0.4) is 0 Å². The van der Waals surface area contributed by atoms with Gasteiger partial charge >= 0.3 is 13.3 Å². The monoisotopic (exact) mass is 168 g/mol. The smallest absolute Gasteiger partial charge is 0.480 e. The van der Waals surface area contributed by atoms with Crippen LogP contribution in [0.1, 0.15) is 0 Å². The van der Waals surface area contributed by atoms with Gasteiger partial charge in [0, 0.05) is 0 Å². The Morgan fingerprint density at radius 1 is 1.30 bits per heavy atom. The molecule has 0 saturated carbocycles. The minimum absolute atomic E-state index is 0. The zero-order chi connectivity index (χ0) is 7.86. The second-order valence-corrected chi connectivity index (χ2v) is 0.898. The van der Waals surface area contributed by atoms with Crippen LogP contribution >= 0.6 is 0 Å². The molecule has 0 saturated heterocycles. The van der Waals surface area contributed by atoms with E-state index in [9.17, 15) is 0 Å². The van der Waals surface area contributed by atoms with Crippen LogP contribution in [0, 0.1) is 0 Å². The molecule has 0 aliphatic heterocycles. The highest BCUT2D eigenvalue weighted by Gasteiger charge is 1.92. The van der Waals surface area contributed by atoms with E-state index in [-0.39, 0.29) is 17.4 Å². The van der Waals surface area contributed by atoms with Crippen molar-refractivity contribution in [2.75, 3.05) is 6.61 Å². The summed E-state index contributed by atoms with van der Waals surface area (Å²) in [7, 11) is -2.17. The quantitative estimate of drug-likeness (QED) is 0.253. The van der Waals surface area contributed by atoms with Gasteiger partial charge in [-0.15, -0.1) is 0 Å². The average Bonchev–Trinajstić information content (AvgIpc) is 1.65. The molecule has 10 heavy (non-hydrogen) atoms. The molecule has 0 amide bonds. The van der Waals surface area contributed by atoms with Gasteiger partial charge in [-0.2, -0.15) is 0 Å². The molecule has 0 aromatic heterocycles. The third-order valence-corrected chi connectivity index (χ3v) is 0.135. The third-order valence-electron chi connectivity index (χ3n) is 0.135. The molecular weight excluding hydrogens is 158 g/mol. The summed E-state index contributed by atoms with van der Waals surface area (Å²) in [6.45, 7) is -0.778. The summed E-state index contributed by atoms with van der Waals surface area (Å²) in [5, 5.41) is 36.5. The van der Waals surface area contributed by atoms with E-state index in [0.29, 0.717) is 0 Å². The topological polar surface area (TPSA) is 118 Å². The molecule has 8 heteroatoms. The van der Waals surface area contributed by atoms with Crippen molar-refractivity contribution in [3.8, 4) is 0 Å². The van der Waals surface area contributed by atoms with E-state index in [0.717, 1.165) is 0 Å². The van der Waals surface area contributed by atoms with E-state index in [1.54, 1.807) is 0 Å². The van der Waals surface area contributed by atoms with Gasteiger partial charge in [-0.3, -0.25) is 0 Å². The van der Waals surface area contributed by atoms with Crippen LogP contribution in [0.25, 0.3) is 0 Å². The van der Waals surface area contributed by atoms with Gasteiger partial charge in [0.25, 0.3) is 0 Å². The molecule has 0 aliphatic carbocycles. The molecule has 0 aromatic carbocycles. The Hall–Kier alpha value is -0.0926. The molecule has 60 valence electrons. The molecule has 0 aliphatic rings. The molecular formula is C2H10AlBO6. The first-order valence-electron chi connectivity index (χ1n) is 1.87. The zero-order valence-corrected chi connectivity index (χ0v) is 4.43. The van der Waals surface area contributed by atoms with Crippen molar-refractivity contribution in [1.82, 2.24) is 0 Å². The first-order valence-corrected chi connectivity index (χ1v) is 1.87. The summed E-state index contributed by atoms with van der Waals surface area (Å²) in [5.41, 5.74) is 0. The highest BCUT2D eigenvalue weighted by atomic mass is 27.0. The van der Waals surface area contributed by atoms with Crippen molar-refractivity contribution in [2.24, 2.45) is 0 Å². The van der Waals surface area contributed by atoms with Gasteiger partial charge in [0.05, 0.1) is 0 Å². The van der Waals surface area contributed by atoms with E-state index in [4.69, 9.17) is 30.1 Å². The molecule has 5 N–H and O–H groups in total. The Bertz CT molecular complexity index is 73.4. The molecule has 0 fully saturated rings. The highest BCUT2D eigenvalue weighted by molar-refractivity contribution is 6.30. The number of aliphatic hydroxyl groups is 1. The number of aliphatic carboxylic acids is 1. The predicted molar refractivity (Wildman–Crippen MR) is 37.1 cm³/mol. The summed E-state index contributed by atoms with van der Waals surface area (Å²) in [5.74, 6) is -1.19. The van der Waals surface area contributed by atoms with Crippen molar-refractivity contribution < 1.29 is 30.1 Å². The van der Waals surface area contributed by atoms with E-state index >= 15 is 0 Å². The number of carbonyl (C=O) groups is 1. The van der Waals surface area contributed by atoms with Gasteiger partial charge in [-0.1, -0.05) is 0 Å². The number of carboxylic acids is 1. The first kappa shape index (κ1) is 16.5. The number of rotatable bonds is 1. The molecule has 0 rings (SSSR count). The van der Waals surface area contributed by atoms with Crippen molar-refractivity contribution in [2.45, 2.75) is 0 Å². The van der Waals surface area contributed by atoms with Crippen LogP contribution in [0.15, 0.2) is 0 Å². The van der Waals surface area contributed by atoms with Gasteiger partial charge in [0.1, 0.15) is 6.61 Å². The molecule has 0 bridgehead atoms. The molecule has 0 spiro atoms. The summed E-state index contributed by atoms with van der Waals surface area (Å²) >= 11 is 0. The van der Waals surface area contributed by atoms with Crippen LogP contribution in [0.5, 0.6) is 0 Å². The van der Waals surface area contributed by atoms with Crippen molar-refractivity contribution >= 4 is 30.7 Å². The van der Waals surface area contributed by atoms with E-state index in [1.165, 1.54) is 0 Å². The second kappa shape index (κ2) is 11.7. The zero-order valence-electron chi connectivity index (χ0n) is 4.43. The number of hydrogen-bond donors (Lipinski definition) is 5. The fourth-order valence-corrected chi connectivity index (χ4v) is 0. The lowest BCUT2D eigenvalue weighted by molar-refractivity contribution is -0.140. The van der Waals surface area contributed by atoms with Crippen molar-refractivity contribution in [3.63, 3.8) is 0 Å². The Labute approximate surface area is 68.0 Å². The summed E-state index contributed by atoms with van der Waals surface area (Å²) in [6.07, 6.45) is 0. The van der Waals surface area contributed by atoms with Crippen LogP contribution < -0.4 is 0 Å².